The van der Waals surface area contributed by atoms with Crippen molar-refractivity contribution in [3.63, 3.8) is 0 Å². The predicted octanol–water partition coefficient (Wildman–Crippen LogP) is 4.36. The minimum Gasteiger partial charge on any atom is -0.301 e. The topological polar surface area (TPSA) is 33.6 Å². The number of hydrogen-bond acceptors (Lipinski definition) is 2. The van der Waals surface area contributed by atoms with Gasteiger partial charge in [0.15, 0.2) is 4.77 Å². The smallest absolute Gasteiger partial charge is 0.301 e. The number of aromatic amines is 1. The molecule has 1 heterocycles. The molecule has 0 unspecified atom stereocenters. The summed E-state index contributed by atoms with van der Waals surface area (Å²) in [6.45, 7) is 3.99. The molecule has 0 bridgehead atoms. The lowest BCUT2D eigenvalue weighted by molar-refractivity contribution is -0.182. The highest BCUT2D eigenvalue weighted by Crippen LogP contribution is 2.42. The molecule has 1 aromatic heterocycles. The van der Waals surface area contributed by atoms with Gasteiger partial charge in [-0.15, -0.1) is 0 Å². The van der Waals surface area contributed by atoms with Gasteiger partial charge in [-0.2, -0.15) is 18.3 Å². The van der Waals surface area contributed by atoms with E-state index >= 15 is 0 Å². The van der Waals surface area contributed by atoms with Gasteiger partial charge in [0.05, 0.1) is 5.92 Å². The maximum Gasteiger partial charge on any atom is 0.391 e. The van der Waals surface area contributed by atoms with Crippen LogP contribution in [0.4, 0.5) is 13.2 Å². The van der Waals surface area contributed by atoms with Gasteiger partial charge >= 0.3 is 6.18 Å². The molecule has 2 rings (SSSR count). The normalized spacial score (nSPS) is 24.9. The van der Waals surface area contributed by atoms with Crippen molar-refractivity contribution >= 4 is 12.2 Å². The van der Waals surface area contributed by atoms with Crippen molar-refractivity contribution in [3.05, 3.63) is 10.6 Å². The minimum absolute atomic E-state index is 0.0777. The van der Waals surface area contributed by atoms with Crippen molar-refractivity contribution in [3.8, 4) is 0 Å². The Morgan fingerprint density at radius 2 is 1.84 bits per heavy atom. The summed E-state index contributed by atoms with van der Waals surface area (Å²) in [6.07, 6.45) is -2.64. The van der Waals surface area contributed by atoms with E-state index in [1.807, 2.05) is 18.4 Å². The van der Waals surface area contributed by atoms with Crippen molar-refractivity contribution in [2.45, 2.75) is 57.7 Å². The largest absolute Gasteiger partial charge is 0.391 e. The Balaban J connectivity index is 2.12. The standard InChI is InChI=1S/C12H18F3N3S/c1-7(2)18-10(16-17-11(18)19)8-3-5-9(6-4-8)12(13,14)15/h7-9H,3-6H2,1-2H3,(H,17,19). The van der Waals surface area contributed by atoms with Gasteiger partial charge in [0.1, 0.15) is 5.82 Å². The van der Waals surface area contributed by atoms with Crippen LogP contribution in [0.2, 0.25) is 0 Å². The molecule has 0 atom stereocenters. The van der Waals surface area contributed by atoms with Crippen LogP contribution in [0, 0.1) is 10.7 Å². The molecular weight excluding hydrogens is 275 g/mol. The summed E-state index contributed by atoms with van der Waals surface area (Å²) in [7, 11) is 0. The van der Waals surface area contributed by atoms with E-state index in [4.69, 9.17) is 12.2 Å². The molecule has 0 amide bonds. The van der Waals surface area contributed by atoms with Gasteiger partial charge in [0, 0.05) is 12.0 Å². The zero-order chi connectivity index (χ0) is 14.2. The van der Waals surface area contributed by atoms with E-state index in [9.17, 15) is 13.2 Å². The Hall–Kier alpha value is -0.850. The average Bonchev–Trinajstić information content (AvgIpc) is 2.70. The van der Waals surface area contributed by atoms with Crippen LogP contribution in [0.25, 0.3) is 0 Å². The van der Waals surface area contributed by atoms with Crippen LogP contribution in [0.15, 0.2) is 0 Å². The number of alkyl halides is 3. The average molecular weight is 293 g/mol. The molecule has 1 saturated carbocycles. The fourth-order valence-corrected chi connectivity index (χ4v) is 3.13. The van der Waals surface area contributed by atoms with Crippen molar-refractivity contribution in [1.29, 1.82) is 0 Å². The number of rotatable bonds is 2. The highest BCUT2D eigenvalue weighted by molar-refractivity contribution is 7.71. The van der Waals surface area contributed by atoms with Crippen LogP contribution in [-0.4, -0.2) is 20.9 Å². The first-order valence-electron chi connectivity index (χ1n) is 6.54. The number of halogens is 3. The van der Waals surface area contributed by atoms with Crippen molar-refractivity contribution in [1.82, 2.24) is 14.8 Å². The zero-order valence-corrected chi connectivity index (χ0v) is 11.8. The van der Waals surface area contributed by atoms with Crippen LogP contribution < -0.4 is 0 Å². The Morgan fingerprint density at radius 1 is 1.26 bits per heavy atom. The molecule has 0 spiro atoms. The fourth-order valence-electron chi connectivity index (χ4n) is 2.78. The molecule has 1 N–H and O–H groups in total. The first kappa shape index (κ1) is 14.6. The molecule has 0 saturated heterocycles. The van der Waals surface area contributed by atoms with Gasteiger partial charge in [-0.05, 0) is 51.7 Å². The van der Waals surface area contributed by atoms with E-state index in [2.05, 4.69) is 10.2 Å². The maximum atomic E-state index is 12.6. The molecule has 7 heteroatoms. The van der Waals surface area contributed by atoms with Crippen LogP contribution in [-0.2, 0) is 0 Å². The summed E-state index contributed by atoms with van der Waals surface area (Å²) < 4.78 is 40.4. The first-order chi connectivity index (χ1) is 8.80. The summed E-state index contributed by atoms with van der Waals surface area (Å²) in [5.74, 6) is -0.271. The molecule has 0 aliphatic heterocycles. The second-order valence-electron chi connectivity index (χ2n) is 5.44. The van der Waals surface area contributed by atoms with E-state index in [-0.39, 0.29) is 24.8 Å². The van der Waals surface area contributed by atoms with Gasteiger partial charge in [0.25, 0.3) is 0 Å². The van der Waals surface area contributed by atoms with Crippen LogP contribution in [0.5, 0.6) is 0 Å². The monoisotopic (exact) mass is 293 g/mol. The second-order valence-corrected chi connectivity index (χ2v) is 5.83. The van der Waals surface area contributed by atoms with Gasteiger partial charge in [0.2, 0.25) is 0 Å². The third-order valence-corrected chi connectivity index (χ3v) is 4.09. The Morgan fingerprint density at radius 3 is 2.32 bits per heavy atom. The molecule has 1 aliphatic rings. The Kier molecular flexibility index (Phi) is 4.03. The highest BCUT2D eigenvalue weighted by Gasteiger charge is 2.42. The molecule has 3 nitrogen and oxygen atoms in total. The van der Waals surface area contributed by atoms with Crippen molar-refractivity contribution in [2.24, 2.45) is 5.92 Å². The summed E-state index contributed by atoms with van der Waals surface area (Å²) >= 11 is 5.17. The van der Waals surface area contributed by atoms with Crippen LogP contribution in [0.1, 0.15) is 57.3 Å². The third-order valence-electron chi connectivity index (χ3n) is 3.80. The number of aromatic nitrogens is 3. The molecule has 1 aromatic rings. The Labute approximate surface area is 115 Å². The van der Waals surface area contributed by atoms with Crippen LogP contribution >= 0.6 is 12.2 Å². The lowest BCUT2D eigenvalue weighted by Gasteiger charge is -2.29. The fraction of sp³-hybridized carbons (Fsp3) is 0.833. The lowest BCUT2D eigenvalue weighted by Crippen LogP contribution is -2.28. The molecule has 0 radical (unpaired) electrons. The Bertz CT molecular complexity index is 481. The predicted molar refractivity (Wildman–Crippen MR) is 68.6 cm³/mol. The number of H-pyrrole nitrogens is 1. The SMILES string of the molecule is CC(C)n1c(C2CCC(C(F)(F)F)CC2)n[nH]c1=S. The molecular formula is C12H18F3N3S. The van der Waals surface area contributed by atoms with E-state index in [1.54, 1.807) is 0 Å². The van der Waals surface area contributed by atoms with Gasteiger partial charge in [-0.3, -0.25) is 5.10 Å². The van der Waals surface area contributed by atoms with Gasteiger partial charge < -0.3 is 4.57 Å². The van der Waals surface area contributed by atoms with E-state index in [1.165, 1.54) is 0 Å². The lowest BCUT2D eigenvalue weighted by atomic mass is 9.81. The van der Waals surface area contributed by atoms with E-state index in [0.29, 0.717) is 17.6 Å². The molecule has 1 aliphatic carbocycles. The molecule has 0 aromatic carbocycles. The zero-order valence-electron chi connectivity index (χ0n) is 11.0. The minimum atomic E-state index is -4.06. The van der Waals surface area contributed by atoms with E-state index in [0.717, 1.165) is 5.82 Å². The first-order valence-corrected chi connectivity index (χ1v) is 6.95. The van der Waals surface area contributed by atoms with Gasteiger partial charge in [-0.25, -0.2) is 0 Å². The summed E-state index contributed by atoms with van der Waals surface area (Å²) in [5, 5.41) is 6.96. The van der Waals surface area contributed by atoms with E-state index < -0.39 is 12.1 Å². The maximum absolute atomic E-state index is 12.6. The molecule has 1 fully saturated rings. The highest BCUT2D eigenvalue weighted by atomic mass is 32.1. The van der Waals surface area contributed by atoms with Crippen LogP contribution in [0.3, 0.4) is 0 Å². The summed E-state index contributed by atoms with van der Waals surface area (Å²) in [4.78, 5) is 0. The van der Waals surface area contributed by atoms with Crippen molar-refractivity contribution in [2.75, 3.05) is 0 Å². The third kappa shape index (κ3) is 3.01. The quantitative estimate of drug-likeness (QED) is 0.822. The molecule has 19 heavy (non-hydrogen) atoms. The number of nitrogens with one attached hydrogen (secondary N) is 1. The summed E-state index contributed by atoms with van der Waals surface area (Å²) in [6, 6.07) is 0.168. The van der Waals surface area contributed by atoms with Crippen molar-refractivity contribution < 1.29 is 13.2 Å². The molecule has 108 valence electrons. The second kappa shape index (κ2) is 5.26. The number of nitrogens with zero attached hydrogens (tertiary/aromatic N) is 2. The summed E-state index contributed by atoms with van der Waals surface area (Å²) in [5.41, 5.74) is 0. The van der Waals surface area contributed by atoms with Gasteiger partial charge in [-0.1, -0.05) is 0 Å². The number of hydrogen-bond donors (Lipinski definition) is 1.